The minimum atomic E-state index is -1.24. The summed E-state index contributed by atoms with van der Waals surface area (Å²) in [5, 5.41) is 3.08. The van der Waals surface area contributed by atoms with Crippen molar-refractivity contribution >= 4 is 22.5 Å². The Bertz CT molecular complexity index is 555. The van der Waals surface area contributed by atoms with E-state index in [1.165, 1.54) is 6.42 Å². The fourth-order valence-electron chi connectivity index (χ4n) is 2.55. The van der Waals surface area contributed by atoms with Crippen LogP contribution in [0.25, 0.3) is 0 Å². The molecule has 6 nitrogen and oxygen atoms in total. The van der Waals surface area contributed by atoms with Gasteiger partial charge < -0.3 is 10.2 Å². The molecule has 7 heteroatoms. The fourth-order valence-corrected chi connectivity index (χ4v) is 3.00. The number of nitrogens with zero attached hydrogens (tertiary/aromatic N) is 3. The Kier molecular flexibility index (Phi) is 3.22. The molecule has 1 unspecified atom stereocenters. The second kappa shape index (κ2) is 4.88. The second-order valence-electron chi connectivity index (χ2n) is 4.84. The van der Waals surface area contributed by atoms with Crippen molar-refractivity contribution in [2.45, 2.75) is 31.0 Å². The average molecular weight is 280 g/mol. The highest BCUT2D eigenvalue weighted by Crippen LogP contribution is 2.27. The van der Waals surface area contributed by atoms with E-state index in [0.29, 0.717) is 28.8 Å². The Morgan fingerprint density at radius 1 is 1.21 bits per heavy atom. The molecule has 0 saturated carbocycles. The van der Waals surface area contributed by atoms with E-state index in [1.807, 2.05) is 0 Å². The standard InChI is InChI=1S/C12H16N4O2S/c1-19(18)12-14-8-7-13-11(17)9(8)10(15-12)16-5-3-2-4-6-16/h2-7H2,1H3,(H,13,17). The van der Waals surface area contributed by atoms with E-state index >= 15 is 0 Å². The molecule has 1 N–H and O–H groups in total. The Morgan fingerprint density at radius 3 is 2.63 bits per heavy atom. The molecule has 1 saturated heterocycles. The average Bonchev–Trinajstić information content (AvgIpc) is 2.80. The number of carbonyl (C=O) groups is 1. The van der Waals surface area contributed by atoms with Gasteiger partial charge in [-0.05, 0) is 19.3 Å². The maximum atomic E-state index is 11.9. The normalized spacial score (nSPS) is 20.1. The van der Waals surface area contributed by atoms with E-state index in [1.54, 1.807) is 6.26 Å². The first-order valence-electron chi connectivity index (χ1n) is 6.44. The van der Waals surface area contributed by atoms with Gasteiger partial charge in [0, 0.05) is 19.3 Å². The molecule has 1 aromatic heterocycles. The summed E-state index contributed by atoms with van der Waals surface area (Å²) >= 11 is 0. The van der Waals surface area contributed by atoms with Crippen molar-refractivity contribution in [3.05, 3.63) is 11.3 Å². The van der Waals surface area contributed by atoms with Crippen molar-refractivity contribution in [1.29, 1.82) is 0 Å². The molecule has 1 atom stereocenters. The monoisotopic (exact) mass is 280 g/mol. The Morgan fingerprint density at radius 2 is 1.95 bits per heavy atom. The highest BCUT2D eigenvalue weighted by molar-refractivity contribution is 7.84. The molecule has 102 valence electrons. The Hall–Kier alpha value is -1.50. The second-order valence-corrected chi connectivity index (χ2v) is 6.11. The summed E-state index contributed by atoms with van der Waals surface area (Å²) in [5.41, 5.74) is 1.24. The SMILES string of the molecule is CS(=O)c1nc2c(c(N3CCCCC3)n1)C(=O)NC2. The van der Waals surface area contributed by atoms with E-state index in [-0.39, 0.29) is 5.91 Å². The number of fused-ring (bicyclic) bond motifs is 1. The van der Waals surface area contributed by atoms with E-state index in [9.17, 15) is 9.00 Å². The number of rotatable bonds is 2. The van der Waals surface area contributed by atoms with Gasteiger partial charge in [-0.2, -0.15) is 0 Å². The molecule has 0 spiro atoms. The zero-order chi connectivity index (χ0) is 13.4. The largest absolute Gasteiger partial charge is 0.356 e. The lowest BCUT2D eigenvalue weighted by atomic mass is 10.1. The van der Waals surface area contributed by atoms with Gasteiger partial charge >= 0.3 is 0 Å². The van der Waals surface area contributed by atoms with Crippen LogP contribution in [-0.4, -0.2) is 39.4 Å². The fraction of sp³-hybridized carbons (Fsp3) is 0.583. The van der Waals surface area contributed by atoms with Crippen molar-refractivity contribution in [2.24, 2.45) is 0 Å². The third kappa shape index (κ3) is 2.22. The van der Waals surface area contributed by atoms with Crippen LogP contribution in [-0.2, 0) is 17.3 Å². The number of anilines is 1. The van der Waals surface area contributed by atoms with Crippen molar-refractivity contribution in [2.75, 3.05) is 24.2 Å². The van der Waals surface area contributed by atoms with Crippen LogP contribution in [0.15, 0.2) is 5.16 Å². The third-order valence-corrected chi connectivity index (χ3v) is 4.20. The summed E-state index contributed by atoms with van der Waals surface area (Å²) in [6, 6.07) is 0. The van der Waals surface area contributed by atoms with Gasteiger partial charge in [-0.1, -0.05) is 0 Å². The zero-order valence-corrected chi connectivity index (χ0v) is 11.6. The van der Waals surface area contributed by atoms with Gasteiger partial charge in [-0.25, -0.2) is 9.97 Å². The quantitative estimate of drug-likeness (QED) is 0.796. The number of hydrogen-bond donors (Lipinski definition) is 1. The molecule has 1 fully saturated rings. The summed E-state index contributed by atoms with van der Waals surface area (Å²) in [6.07, 6.45) is 4.98. The summed E-state index contributed by atoms with van der Waals surface area (Å²) < 4.78 is 11.6. The van der Waals surface area contributed by atoms with E-state index < -0.39 is 10.8 Å². The maximum Gasteiger partial charge on any atom is 0.257 e. The smallest absolute Gasteiger partial charge is 0.257 e. The Balaban J connectivity index is 2.10. The maximum absolute atomic E-state index is 11.9. The van der Waals surface area contributed by atoms with Crippen molar-refractivity contribution in [3.63, 3.8) is 0 Å². The van der Waals surface area contributed by atoms with Crippen LogP contribution in [0.3, 0.4) is 0 Å². The van der Waals surface area contributed by atoms with E-state index in [4.69, 9.17) is 0 Å². The molecule has 19 heavy (non-hydrogen) atoms. The molecule has 1 amide bonds. The molecule has 3 heterocycles. The number of carbonyl (C=O) groups excluding carboxylic acids is 1. The minimum Gasteiger partial charge on any atom is -0.356 e. The molecule has 2 aliphatic rings. The number of aromatic nitrogens is 2. The lowest BCUT2D eigenvalue weighted by Crippen LogP contribution is -2.32. The molecule has 0 radical (unpaired) electrons. The highest BCUT2D eigenvalue weighted by Gasteiger charge is 2.30. The molecule has 2 aliphatic heterocycles. The highest BCUT2D eigenvalue weighted by atomic mass is 32.2. The summed E-state index contributed by atoms with van der Waals surface area (Å²) in [7, 11) is -1.24. The van der Waals surface area contributed by atoms with Gasteiger partial charge in [-0.3, -0.25) is 9.00 Å². The first-order valence-corrected chi connectivity index (χ1v) is 8.00. The first-order chi connectivity index (χ1) is 9.16. The topological polar surface area (TPSA) is 75.2 Å². The number of hydrogen-bond acceptors (Lipinski definition) is 5. The first kappa shape index (κ1) is 12.5. The molecular formula is C12H16N4O2S. The third-order valence-electron chi connectivity index (χ3n) is 3.50. The van der Waals surface area contributed by atoms with Gasteiger partial charge in [-0.15, -0.1) is 0 Å². The van der Waals surface area contributed by atoms with Crippen LogP contribution in [0.5, 0.6) is 0 Å². The van der Waals surface area contributed by atoms with Crippen molar-refractivity contribution in [1.82, 2.24) is 15.3 Å². The summed E-state index contributed by atoms with van der Waals surface area (Å²) in [4.78, 5) is 22.6. The minimum absolute atomic E-state index is 0.121. The predicted octanol–water partition coefficient (Wildman–Crippen LogP) is 0.448. The van der Waals surface area contributed by atoms with Crippen LogP contribution >= 0.6 is 0 Å². The molecule has 1 aromatic rings. The van der Waals surface area contributed by atoms with Gasteiger partial charge in [0.05, 0.1) is 23.0 Å². The Labute approximate surface area is 114 Å². The molecule has 0 aliphatic carbocycles. The van der Waals surface area contributed by atoms with Crippen molar-refractivity contribution < 1.29 is 9.00 Å². The summed E-state index contributed by atoms with van der Waals surface area (Å²) in [6.45, 7) is 2.20. The molecular weight excluding hydrogens is 264 g/mol. The lowest BCUT2D eigenvalue weighted by Gasteiger charge is -2.28. The number of piperidine rings is 1. The number of nitrogens with one attached hydrogen (secondary N) is 1. The van der Waals surface area contributed by atoms with Crippen LogP contribution in [0.2, 0.25) is 0 Å². The number of amides is 1. The zero-order valence-electron chi connectivity index (χ0n) is 10.8. The van der Waals surface area contributed by atoms with Crippen LogP contribution in [0.1, 0.15) is 35.3 Å². The molecule has 3 rings (SSSR count). The molecule has 0 aromatic carbocycles. The van der Waals surface area contributed by atoms with Gasteiger partial charge in [0.2, 0.25) is 5.16 Å². The van der Waals surface area contributed by atoms with Gasteiger partial charge in [0.15, 0.2) is 0 Å². The lowest BCUT2D eigenvalue weighted by molar-refractivity contribution is 0.0966. The van der Waals surface area contributed by atoms with E-state index in [0.717, 1.165) is 25.9 Å². The van der Waals surface area contributed by atoms with Crippen LogP contribution in [0, 0.1) is 0 Å². The van der Waals surface area contributed by atoms with Gasteiger partial charge in [0.1, 0.15) is 11.4 Å². The van der Waals surface area contributed by atoms with E-state index in [2.05, 4.69) is 20.2 Å². The van der Waals surface area contributed by atoms with Crippen LogP contribution in [0.4, 0.5) is 5.82 Å². The van der Waals surface area contributed by atoms with Crippen LogP contribution < -0.4 is 10.2 Å². The predicted molar refractivity (Wildman–Crippen MR) is 71.6 cm³/mol. The van der Waals surface area contributed by atoms with Gasteiger partial charge in [0.25, 0.3) is 5.91 Å². The summed E-state index contributed by atoms with van der Waals surface area (Å²) in [5.74, 6) is 0.536. The molecule has 0 bridgehead atoms. The van der Waals surface area contributed by atoms with Crippen molar-refractivity contribution in [3.8, 4) is 0 Å².